The summed E-state index contributed by atoms with van der Waals surface area (Å²) in [5, 5.41) is 6.03. The second-order valence-corrected chi connectivity index (χ2v) is 19.9. The normalized spacial score (nSPS) is 12.4. The first-order valence-corrected chi connectivity index (χ1v) is 26.5. The molecule has 3 aromatic heterocycles. The Labute approximate surface area is 432 Å². The van der Waals surface area contributed by atoms with Crippen molar-refractivity contribution in [3.05, 3.63) is 232 Å². The van der Waals surface area contributed by atoms with E-state index in [1.54, 1.807) is 0 Å². The van der Waals surface area contributed by atoms with Crippen molar-refractivity contribution in [2.24, 2.45) is 0 Å². The molecule has 0 unspecified atom stereocenters. The number of para-hydroxylation sites is 3. The molecule has 0 amide bonds. The van der Waals surface area contributed by atoms with E-state index in [4.69, 9.17) is 0 Å². The van der Waals surface area contributed by atoms with E-state index >= 15 is 0 Å². The highest BCUT2D eigenvalue weighted by Crippen LogP contribution is 2.60. The Morgan fingerprint density at radius 3 is 1.82 bits per heavy atom. The summed E-state index contributed by atoms with van der Waals surface area (Å²) in [4.78, 5) is 6.27. The Bertz CT molecular complexity index is 4000. The van der Waals surface area contributed by atoms with Gasteiger partial charge in [0.05, 0.1) is 44.2 Å². The van der Waals surface area contributed by atoms with Crippen molar-refractivity contribution in [3.63, 3.8) is 0 Å². The molecule has 1 aliphatic rings. The number of rotatable bonds is 7. The maximum absolute atomic E-state index is 4.53. The zero-order valence-electron chi connectivity index (χ0n) is 42.2. The van der Waals surface area contributed by atoms with Crippen molar-refractivity contribution >= 4 is 124 Å². The monoisotopic (exact) mass is 969 g/mol. The lowest BCUT2D eigenvalue weighted by Crippen LogP contribution is -2.25. The van der Waals surface area contributed by atoms with E-state index in [0.717, 1.165) is 39.2 Å². The number of allylic oxidation sites excluding steroid dienone is 3. The third-order valence-corrected chi connectivity index (χ3v) is 16.1. The van der Waals surface area contributed by atoms with Crippen molar-refractivity contribution in [1.82, 2.24) is 4.57 Å². The molecular formula is C67H59N3S2. The number of anilines is 6. The number of hydrogen-bond acceptors (Lipinski definition) is 4. The fourth-order valence-corrected chi connectivity index (χ4v) is 12.6. The van der Waals surface area contributed by atoms with E-state index in [-0.39, 0.29) is 0 Å². The highest BCUT2D eigenvalue weighted by atomic mass is 32.1. The highest BCUT2D eigenvalue weighted by molar-refractivity contribution is 7.20. The smallest absolute Gasteiger partial charge is 0.0804 e. The van der Waals surface area contributed by atoms with Crippen LogP contribution in [-0.4, -0.2) is 4.57 Å². The van der Waals surface area contributed by atoms with Crippen LogP contribution >= 0.6 is 22.7 Å². The summed E-state index contributed by atoms with van der Waals surface area (Å²) in [5.74, 6) is 0. The Morgan fingerprint density at radius 1 is 0.500 bits per heavy atom. The zero-order valence-corrected chi connectivity index (χ0v) is 43.8. The fourth-order valence-electron chi connectivity index (χ4n) is 10.4. The lowest BCUT2D eigenvalue weighted by atomic mass is 9.90. The second-order valence-electron chi connectivity index (χ2n) is 17.8. The average Bonchev–Trinajstić information content (AvgIpc) is 4.08. The van der Waals surface area contributed by atoms with Crippen LogP contribution in [0, 0.1) is 20.8 Å². The van der Waals surface area contributed by atoms with Gasteiger partial charge in [0.1, 0.15) is 0 Å². The SMILES string of the molecule is C=Cc1sc2c(C)cccc2c1/C=C\C.C=c1/c(=C\C=C/C)sc2c(-n3c4ccccc4c4c5c(ccc43)N(c3ccccc3)c3c(ccc(C)c3-c3ccccc3C)N5c3ccccc3)cccc12.CC. The number of aryl methyl sites for hydroxylation is 3. The molecule has 0 atom stereocenters. The molecular weight excluding hydrogens is 911 g/mol. The number of thiophene rings is 2. The van der Waals surface area contributed by atoms with Gasteiger partial charge in [-0.2, -0.15) is 0 Å². The number of nitrogens with zero attached hydrogens (tertiary/aromatic N) is 3. The summed E-state index contributed by atoms with van der Waals surface area (Å²) >= 11 is 3.63. The van der Waals surface area contributed by atoms with E-state index in [0.29, 0.717) is 0 Å². The van der Waals surface area contributed by atoms with Crippen molar-refractivity contribution in [1.29, 1.82) is 0 Å². The van der Waals surface area contributed by atoms with Gasteiger partial charge < -0.3 is 14.4 Å². The first kappa shape index (κ1) is 47.7. The van der Waals surface area contributed by atoms with Gasteiger partial charge in [-0.25, -0.2) is 0 Å². The summed E-state index contributed by atoms with van der Waals surface area (Å²) in [6.07, 6.45) is 12.5. The maximum Gasteiger partial charge on any atom is 0.0804 e. The van der Waals surface area contributed by atoms with E-state index in [1.807, 2.05) is 49.5 Å². The van der Waals surface area contributed by atoms with Crippen LogP contribution in [0.4, 0.5) is 34.1 Å². The minimum absolute atomic E-state index is 1.07. The van der Waals surface area contributed by atoms with Crippen LogP contribution in [0.15, 0.2) is 195 Å². The molecule has 0 N–H and O–H groups in total. The Kier molecular flexibility index (Phi) is 13.5. The standard InChI is InChI=1S/C51H39N3S.C14H14S.C2H6/c1-5-6-28-46-35(4)39-25-17-27-45(51(39)55-46)54-41-26-16-15-24-40(41)48-42(54)31-32-44-50(48)53(37-21-11-8-12-22-37)43-30-29-34(3)47(38-23-14-13-18-33(38)2)49(43)52(44)36-19-9-7-10-20-36;1-4-7-11-12-9-6-8-10(3)14(12)15-13(11)5-2;1-2/h5-32H,4H2,1-3H3;4-9H,2H2,1,3H3;1-2H3/b6-5-,46-28+;7-4-;. The van der Waals surface area contributed by atoms with Crippen LogP contribution in [0.25, 0.3) is 83.6 Å². The van der Waals surface area contributed by atoms with Gasteiger partial charge in [-0.3, -0.25) is 0 Å². The van der Waals surface area contributed by atoms with E-state index < -0.39 is 0 Å². The van der Waals surface area contributed by atoms with Gasteiger partial charge in [0, 0.05) is 52.6 Å². The predicted octanol–water partition coefficient (Wildman–Crippen LogP) is 19.2. The summed E-state index contributed by atoms with van der Waals surface area (Å²) in [7, 11) is 0. The van der Waals surface area contributed by atoms with Crippen molar-refractivity contribution < 1.29 is 0 Å². The molecule has 0 saturated carbocycles. The molecule has 1 aliphatic heterocycles. The van der Waals surface area contributed by atoms with Gasteiger partial charge in [0.2, 0.25) is 0 Å². The number of aromatic nitrogens is 1. The second kappa shape index (κ2) is 20.4. The van der Waals surface area contributed by atoms with Gasteiger partial charge >= 0.3 is 0 Å². The molecule has 4 heterocycles. The molecule has 0 saturated heterocycles. The quantitative estimate of drug-likeness (QED) is 0.158. The van der Waals surface area contributed by atoms with E-state index in [2.05, 4.69) is 255 Å². The van der Waals surface area contributed by atoms with Crippen LogP contribution in [0.1, 0.15) is 54.8 Å². The molecule has 8 aromatic carbocycles. The lowest BCUT2D eigenvalue weighted by molar-refractivity contribution is 1.16. The summed E-state index contributed by atoms with van der Waals surface area (Å²) in [6, 6.07) is 61.8. The van der Waals surface area contributed by atoms with Crippen molar-refractivity contribution in [3.8, 4) is 16.8 Å². The topological polar surface area (TPSA) is 11.4 Å². The van der Waals surface area contributed by atoms with Crippen LogP contribution < -0.4 is 19.6 Å². The molecule has 354 valence electrons. The molecule has 3 nitrogen and oxygen atoms in total. The summed E-state index contributed by atoms with van der Waals surface area (Å²) in [5.41, 5.74) is 18.0. The minimum Gasteiger partial charge on any atom is -0.308 e. The number of hydrogen-bond donors (Lipinski definition) is 0. The van der Waals surface area contributed by atoms with Crippen LogP contribution in [-0.2, 0) is 0 Å². The van der Waals surface area contributed by atoms with Gasteiger partial charge in [-0.1, -0.05) is 173 Å². The Hall–Kier alpha value is -7.96. The highest BCUT2D eigenvalue weighted by Gasteiger charge is 2.36. The number of benzene rings is 8. The van der Waals surface area contributed by atoms with Crippen LogP contribution in [0.3, 0.4) is 0 Å². The molecule has 0 spiro atoms. The van der Waals surface area contributed by atoms with E-state index in [1.165, 1.54) is 90.6 Å². The Morgan fingerprint density at radius 2 is 1.11 bits per heavy atom. The van der Waals surface area contributed by atoms with Crippen molar-refractivity contribution in [2.75, 3.05) is 9.80 Å². The summed E-state index contributed by atoms with van der Waals surface area (Å²) in [6.45, 7) is 23.1. The molecule has 0 bridgehead atoms. The van der Waals surface area contributed by atoms with Crippen molar-refractivity contribution in [2.45, 2.75) is 48.5 Å². The van der Waals surface area contributed by atoms with Gasteiger partial charge in [-0.15, -0.1) is 22.7 Å². The van der Waals surface area contributed by atoms with Gasteiger partial charge in [-0.05, 0) is 128 Å². The van der Waals surface area contributed by atoms with E-state index in [9.17, 15) is 0 Å². The molecule has 11 aromatic rings. The minimum atomic E-state index is 1.07. The molecule has 0 fully saturated rings. The molecule has 12 rings (SSSR count). The average molecular weight is 970 g/mol. The molecule has 72 heavy (non-hydrogen) atoms. The molecule has 0 aliphatic carbocycles. The zero-order chi connectivity index (χ0) is 50.0. The maximum atomic E-state index is 4.53. The van der Waals surface area contributed by atoms with Crippen LogP contribution in [0.2, 0.25) is 0 Å². The van der Waals surface area contributed by atoms with Crippen LogP contribution in [0.5, 0.6) is 0 Å². The molecule has 5 heteroatoms. The third-order valence-electron chi connectivity index (χ3n) is 13.5. The fraction of sp³-hybridized carbons (Fsp3) is 0.104. The predicted molar refractivity (Wildman–Crippen MR) is 321 cm³/mol. The molecule has 0 radical (unpaired) electrons. The summed E-state index contributed by atoms with van der Waals surface area (Å²) < 4.78 is 6.27. The van der Waals surface area contributed by atoms with Gasteiger partial charge in [0.15, 0.2) is 0 Å². The first-order valence-electron chi connectivity index (χ1n) is 24.9. The largest absolute Gasteiger partial charge is 0.308 e. The lowest BCUT2D eigenvalue weighted by Gasteiger charge is -2.42. The Balaban J connectivity index is 0.000000299. The first-order chi connectivity index (χ1) is 35.3. The third kappa shape index (κ3) is 8.09. The van der Waals surface area contributed by atoms with Gasteiger partial charge in [0.25, 0.3) is 0 Å². The number of fused-ring (bicyclic) bond motifs is 8.